The third-order valence-corrected chi connectivity index (χ3v) is 4.81. The minimum absolute atomic E-state index is 0. The van der Waals surface area contributed by atoms with Crippen molar-refractivity contribution in [1.29, 1.82) is 0 Å². The first kappa shape index (κ1) is 18.2. The van der Waals surface area contributed by atoms with Gasteiger partial charge in [0.05, 0.1) is 5.41 Å². The zero-order chi connectivity index (χ0) is 15.6. The molecule has 0 saturated carbocycles. The highest BCUT2D eigenvalue weighted by atomic mass is 35.5. The average molecular weight is 343 g/mol. The van der Waals surface area contributed by atoms with Crippen molar-refractivity contribution in [3.8, 4) is 0 Å². The van der Waals surface area contributed by atoms with Crippen molar-refractivity contribution >= 4 is 18.3 Å². The molecule has 2 aliphatic heterocycles. The van der Waals surface area contributed by atoms with Gasteiger partial charge in [-0.1, -0.05) is 12.1 Å². The number of amides is 1. The molecular weight excluding hydrogens is 319 g/mol. The van der Waals surface area contributed by atoms with Crippen molar-refractivity contribution in [2.24, 2.45) is 0 Å². The van der Waals surface area contributed by atoms with Crippen molar-refractivity contribution < 1.29 is 13.9 Å². The smallest absolute Gasteiger partial charge is 0.233 e. The number of hydrogen-bond acceptors (Lipinski definition) is 3. The van der Waals surface area contributed by atoms with Gasteiger partial charge in [-0.05, 0) is 37.5 Å². The van der Waals surface area contributed by atoms with Crippen LogP contribution < -0.4 is 5.32 Å². The molecule has 6 heteroatoms. The molecule has 3 rings (SSSR count). The molecule has 0 radical (unpaired) electrons. The molecule has 128 valence electrons. The highest BCUT2D eigenvalue weighted by Gasteiger charge is 2.44. The van der Waals surface area contributed by atoms with Crippen LogP contribution in [0.1, 0.15) is 25.3 Å². The molecule has 1 aromatic rings. The van der Waals surface area contributed by atoms with Crippen LogP contribution in [0.3, 0.4) is 0 Å². The SMILES string of the molecule is CC1CN(C(=O)C2(c3ccc(F)cc3)CCOCC2)CCN1.Cl. The first-order chi connectivity index (χ1) is 10.6. The van der Waals surface area contributed by atoms with Gasteiger partial charge in [0.25, 0.3) is 0 Å². The lowest BCUT2D eigenvalue weighted by molar-refractivity contribution is -0.142. The second-order valence-corrected chi connectivity index (χ2v) is 6.31. The van der Waals surface area contributed by atoms with E-state index in [2.05, 4.69) is 12.2 Å². The molecule has 23 heavy (non-hydrogen) atoms. The fraction of sp³-hybridized carbons (Fsp3) is 0.588. The Morgan fingerprint density at radius 1 is 1.30 bits per heavy atom. The van der Waals surface area contributed by atoms with Gasteiger partial charge in [-0.3, -0.25) is 4.79 Å². The number of benzene rings is 1. The molecule has 0 spiro atoms. The Hall–Kier alpha value is -1.17. The third kappa shape index (κ3) is 3.67. The van der Waals surface area contributed by atoms with E-state index in [0.717, 1.165) is 25.2 Å². The molecule has 2 aliphatic rings. The van der Waals surface area contributed by atoms with E-state index in [4.69, 9.17) is 4.74 Å². The first-order valence-corrected chi connectivity index (χ1v) is 7.98. The van der Waals surface area contributed by atoms with Gasteiger partial charge in [-0.25, -0.2) is 4.39 Å². The van der Waals surface area contributed by atoms with Crippen LogP contribution in [0.2, 0.25) is 0 Å². The van der Waals surface area contributed by atoms with E-state index in [1.807, 2.05) is 4.90 Å². The Bertz CT molecular complexity index is 532. The maximum Gasteiger partial charge on any atom is 0.233 e. The number of carbonyl (C=O) groups is 1. The quantitative estimate of drug-likeness (QED) is 0.895. The summed E-state index contributed by atoms with van der Waals surface area (Å²) in [6.07, 6.45) is 1.32. The van der Waals surface area contributed by atoms with Crippen molar-refractivity contribution in [3.63, 3.8) is 0 Å². The Labute approximate surface area is 142 Å². The standard InChI is InChI=1S/C17H23FN2O2.ClH/c1-13-12-20(9-8-19-13)16(21)17(6-10-22-11-7-17)14-2-4-15(18)5-3-14;/h2-5,13,19H,6-12H2,1H3;1H. The van der Waals surface area contributed by atoms with Crippen molar-refractivity contribution in [3.05, 3.63) is 35.6 Å². The van der Waals surface area contributed by atoms with E-state index in [9.17, 15) is 9.18 Å². The molecule has 0 bridgehead atoms. The van der Waals surface area contributed by atoms with Gasteiger partial charge >= 0.3 is 0 Å². The summed E-state index contributed by atoms with van der Waals surface area (Å²) in [5.41, 5.74) is 0.344. The number of halogens is 2. The lowest BCUT2D eigenvalue weighted by atomic mass is 9.73. The van der Waals surface area contributed by atoms with Crippen LogP contribution in [0.5, 0.6) is 0 Å². The lowest BCUT2D eigenvalue weighted by Gasteiger charge is -2.42. The van der Waals surface area contributed by atoms with Crippen molar-refractivity contribution in [1.82, 2.24) is 10.2 Å². The molecule has 0 aromatic heterocycles. The van der Waals surface area contributed by atoms with Crippen LogP contribution >= 0.6 is 12.4 Å². The Balaban J connectivity index is 0.00000192. The second kappa shape index (κ2) is 7.60. The van der Waals surface area contributed by atoms with Gasteiger partial charge in [-0.15, -0.1) is 12.4 Å². The molecular formula is C17H24ClFN2O2. The summed E-state index contributed by atoms with van der Waals surface area (Å²) in [6, 6.07) is 6.71. The molecule has 0 aliphatic carbocycles. The largest absolute Gasteiger partial charge is 0.381 e. The molecule has 1 N–H and O–H groups in total. The lowest BCUT2D eigenvalue weighted by Crippen LogP contribution is -2.57. The molecule has 2 fully saturated rings. The Morgan fingerprint density at radius 3 is 2.57 bits per heavy atom. The predicted octanol–water partition coefficient (Wildman–Crippen LogP) is 2.12. The maximum atomic E-state index is 13.3. The van der Waals surface area contributed by atoms with Crippen LogP contribution in [0.15, 0.2) is 24.3 Å². The van der Waals surface area contributed by atoms with Gasteiger partial charge in [-0.2, -0.15) is 0 Å². The van der Waals surface area contributed by atoms with Gasteiger partial charge in [0, 0.05) is 38.9 Å². The summed E-state index contributed by atoms with van der Waals surface area (Å²) in [4.78, 5) is 15.2. The maximum absolute atomic E-state index is 13.3. The fourth-order valence-corrected chi connectivity index (χ4v) is 3.53. The van der Waals surface area contributed by atoms with E-state index >= 15 is 0 Å². The van der Waals surface area contributed by atoms with E-state index < -0.39 is 5.41 Å². The molecule has 1 unspecified atom stereocenters. The van der Waals surface area contributed by atoms with Gasteiger partial charge in [0.15, 0.2) is 0 Å². The van der Waals surface area contributed by atoms with Crippen molar-refractivity contribution in [2.75, 3.05) is 32.8 Å². The summed E-state index contributed by atoms with van der Waals surface area (Å²) in [5, 5.41) is 3.36. The number of nitrogens with zero attached hydrogens (tertiary/aromatic N) is 1. The summed E-state index contributed by atoms with van der Waals surface area (Å²) >= 11 is 0. The highest BCUT2D eigenvalue weighted by molar-refractivity contribution is 5.88. The Morgan fingerprint density at radius 2 is 1.96 bits per heavy atom. The minimum Gasteiger partial charge on any atom is -0.381 e. The number of nitrogens with one attached hydrogen (secondary N) is 1. The minimum atomic E-state index is -0.566. The molecule has 2 heterocycles. The summed E-state index contributed by atoms with van der Waals surface area (Å²) < 4.78 is 18.7. The predicted molar refractivity (Wildman–Crippen MR) is 89.4 cm³/mol. The number of hydrogen-bond donors (Lipinski definition) is 1. The summed E-state index contributed by atoms with van der Waals surface area (Å²) in [7, 11) is 0. The number of ether oxygens (including phenoxy) is 1. The Kier molecular flexibility index (Phi) is 6.00. The second-order valence-electron chi connectivity index (χ2n) is 6.31. The average Bonchev–Trinajstić information content (AvgIpc) is 2.55. The topological polar surface area (TPSA) is 41.6 Å². The van der Waals surface area contributed by atoms with Crippen LogP contribution in [0, 0.1) is 5.82 Å². The fourth-order valence-electron chi connectivity index (χ4n) is 3.53. The molecule has 4 nitrogen and oxygen atoms in total. The monoisotopic (exact) mass is 342 g/mol. The zero-order valence-corrected chi connectivity index (χ0v) is 14.2. The van der Waals surface area contributed by atoms with Gasteiger partial charge in [0.1, 0.15) is 5.82 Å². The van der Waals surface area contributed by atoms with Crippen LogP contribution in [-0.2, 0) is 14.9 Å². The molecule has 1 aromatic carbocycles. The van der Waals surface area contributed by atoms with E-state index in [-0.39, 0.29) is 24.1 Å². The van der Waals surface area contributed by atoms with Crippen LogP contribution in [-0.4, -0.2) is 49.7 Å². The zero-order valence-electron chi connectivity index (χ0n) is 13.4. The normalized spacial score (nSPS) is 23.9. The van der Waals surface area contributed by atoms with E-state index in [1.54, 1.807) is 12.1 Å². The summed E-state index contributed by atoms with van der Waals surface area (Å²) in [6.45, 7) is 5.52. The van der Waals surface area contributed by atoms with Crippen molar-refractivity contribution in [2.45, 2.75) is 31.2 Å². The van der Waals surface area contributed by atoms with Crippen LogP contribution in [0.4, 0.5) is 4.39 Å². The third-order valence-electron chi connectivity index (χ3n) is 4.81. The van der Waals surface area contributed by atoms with Crippen LogP contribution in [0.25, 0.3) is 0 Å². The highest BCUT2D eigenvalue weighted by Crippen LogP contribution is 2.37. The number of carbonyl (C=O) groups excluding carboxylic acids is 1. The van der Waals surface area contributed by atoms with Gasteiger partial charge < -0.3 is 15.0 Å². The summed E-state index contributed by atoms with van der Waals surface area (Å²) in [5.74, 6) is -0.107. The van der Waals surface area contributed by atoms with E-state index in [0.29, 0.717) is 32.1 Å². The molecule has 1 amide bonds. The van der Waals surface area contributed by atoms with Gasteiger partial charge in [0.2, 0.25) is 5.91 Å². The van der Waals surface area contributed by atoms with E-state index in [1.165, 1.54) is 12.1 Å². The first-order valence-electron chi connectivity index (χ1n) is 7.98. The number of rotatable bonds is 2. The molecule has 1 atom stereocenters. The molecule has 2 saturated heterocycles. The number of piperazine rings is 1.